The number of rotatable bonds is 6. The zero-order valence-electron chi connectivity index (χ0n) is 14.6. The number of anilines is 1. The Kier molecular flexibility index (Phi) is 6.36. The van der Waals surface area contributed by atoms with Crippen LogP contribution in [0.1, 0.15) is 11.1 Å². The number of amides is 2. The van der Waals surface area contributed by atoms with Gasteiger partial charge in [0.2, 0.25) is 5.75 Å². The van der Waals surface area contributed by atoms with E-state index in [1.165, 1.54) is 14.2 Å². The lowest BCUT2D eigenvalue weighted by Gasteiger charge is -2.16. The Hall–Kier alpha value is -2.60. The second kappa shape index (κ2) is 8.48. The maximum Gasteiger partial charge on any atom is 0.319 e. The lowest BCUT2D eigenvalue weighted by Crippen LogP contribution is -2.28. The van der Waals surface area contributed by atoms with Crippen molar-refractivity contribution in [1.29, 1.82) is 0 Å². The highest BCUT2D eigenvalue weighted by Gasteiger charge is 2.16. The molecule has 0 unspecified atom stereocenters. The van der Waals surface area contributed by atoms with Crippen LogP contribution in [0.4, 0.5) is 10.5 Å². The van der Waals surface area contributed by atoms with Crippen molar-refractivity contribution >= 4 is 23.3 Å². The molecule has 0 heterocycles. The van der Waals surface area contributed by atoms with Crippen LogP contribution in [0, 0.1) is 6.92 Å². The molecule has 2 N–H and O–H groups in total. The highest BCUT2D eigenvalue weighted by Crippen LogP contribution is 2.39. The molecule has 0 aliphatic carbocycles. The molecule has 2 aromatic carbocycles. The van der Waals surface area contributed by atoms with Gasteiger partial charge in [-0.3, -0.25) is 0 Å². The summed E-state index contributed by atoms with van der Waals surface area (Å²) in [5, 5.41) is 6.12. The Morgan fingerprint density at radius 2 is 1.76 bits per heavy atom. The SMILES string of the molecule is COc1ccc(CNC(=O)Nc2cc(Cl)ccc2C)c(OC)c1OC. The molecule has 0 aromatic heterocycles. The van der Waals surface area contributed by atoms with Gasteiger partial charge in [0, 0.05) is 22.8 Å². The Balaban J connectivity index is 2.10. The molecule has 0 aliphatic heterocycles. The second-order valence-electron chi connectivity index (χ2n) is 5.26. The van der Waals surface area contributed by atoms with Gasteiger partial charge in [0.1, 0.15) is 0 Å². The minimum Gasteiger partial charge on any atom is -0.493 e. The van der Waals surface area contributed by atoms with E-state index in [0.29, 0.717) is 28.0 Å². The van der Waals surface area contributed by atoms with Crippen LogP contribution >= 0.6 is 11.6 Å². The molecular weight excluding hydrogens is 344 g/mol. The summed E-state index contributed by atoms with van der Waals surface area (Å²) in [4.78, 5) is 12.2. The van der Waals surface area contributed by atoms with E-state index in [1.54, 1.807) is 25.3 Å². The summed E-state index contributed by atoms with van der Waals surface area (Å²) < 4.78 is 16.0. The largest absolute Gasteiger partial charge is 0.493 e. The van der Waals surface area contributed by atoms with Crippen molar-refractivity contribution in [2.45, 2.75) is 13.5 Å². The molecule has 0 bridgehead atoms. The smallest absolute Gasteiger partial charge is 0.319 e. The average Bonchev–Trinajstić information content (AvgIpc) is 2.61. The number of aryl methyl sites for hydroxylation is 1. The predicted octanol–water partition coefficient (Wildman–Crippen LogP) is 4.00. The van der Waals surface area contributed by atoms with Gasteiger partial charge >= 0.3 is 6.03 Å². The van der Waals surface area contributed by atoms with Crippen molar-refractivity contribution in [3.05, 3.63) is 46.5 Å². The minimum absolute atomic E-state index is 0.259. The van der Waals surface area contributed by atoms with E-state index in [0.717, 1.165) is 11.1 Å². The lowest BCUT2D eigenvalue weighted by molar-refractivity contribution is 0.251. The van der Waals surface area contributed by atoms with E-state index in [4.69, 9.17) is 25.8 Å². The Morgan fingerprint density at radius 1 is 1.04 bits per heavy atom. The van der Waals surface area contributed by atoms with E-state index in [1.807, 2.05) is 19.1 Å². The number of carbonyl (C=O) groups excluding carboxylic acids is 1. The van der Waals surface area contributed by atoms with E-state index in [9.17, 15) is 4.79 Å². The van der Waals surface area contributed by atoms with E-state index < -0.39 is 0 Å². The predicted molar refractivity (Wildman–Crippen MR) is 98.1 cm³/mol. The number of ether oxygens (including phenoxy) is 3. The van der Waals surface area contributed by atoms with Crippen LogP contribution < -0.4 is 24.8 Å². The third kappa shape index (κ3) is 4.48. The first-order chi connectivity index (χ1) is 12.0. The molecular formula is C18H21ClN2O4. The van der Waals surface area contributed by atoms with Gasteiger partial charge in [-0.2, -0.15) is 0 Å². The van der Waals surface area contributed by atoms with Crippen LogP contribution in [0.5, 0.6) is 17.2 Å². The topological polar surface area (TPSA) is 68.8 Å². The van der Waals surface area contributed by atoms with Crippen molar-refractivity contribution in [3.8, 4) is 17.2 Å². The molecule has 0 saturated heterocycles. The van der Waals surface area contributed by atoms with E-state index in [2.05, 4.69) is 10.6 Å². The highest BCUT2D eigenvalue weighted by atomic mass is 35.5. The molecule has 0 fully saturated rings. The van der Waals surface area contributed by atoms with Gasteiger partial charge in [-0.15, -0.1) is 0 Å². The number of nitrogens with one attached hydrogen (secondary N) is 2. The van der Waals surface area contributed by atoms with Crippen molar-refractivity contribution in [2.75, 3.05) is 26.6 Å². The number of benzene rings is 2. The summed E-state index contributed by atoms with van der Waals surface area (Å²) in [6.07, 6.45) is 0. The molecule has 0 atom stereocenters. The first-order valence-corrected chi connectivity index (χ1v) is 7.96. The zero-order valence-corrected chi connectivity index (χ0v) is 15.4. The second-order valence-corrected chi connectivity index (χ2v) is 5.70. The fourth-order valence-electron chi connectivity index (χ4n) is 2.37. The first kappa shape index (κ1) is 18.7. The lowest BCUT2D eigenvalue weighted by atomic mass is 10.1. The molecule has 25 heavy (non-hydrogen) atoms. The van der Waals surface area contributed by atoms with Gasteiger partial charge in [-0.1, -0.05) is 17.7 Å². The van der Waals surface area contributed by atoms with Crippen LogP contribution in [-0.2, 0) is 6.54 Å². The Labute approximate surface area is 152 Å². The van der Waals surface area contributed by atoms with Gasteiger partial charge in [0.25, 0.3) is 0 Å². The van der Waals surface area contributed by atoms with Crippen LogP contribution in [-0.4, -0.2) is 27.4 Å². The molecule has 6 nitrogen and oxygen atoms in total. The molecule has 7 heteroatoms. The highest BCUT2D eigenvalue weighted by molar-refractivity contribution is 6.31. The molecule has 2 amide bonds. The maximum absolute atomic E-state index is 12.2. The fraction of sp³-hybridized carbons (Fsp3) is 0.278. The summed E-state index contributed by atoms with van der Waals surface area (Å²) >= 11 is 5.96. The Bertz CT molecular complexity index is 765. The zero-order chi connectivity index (χ0) is 18.4. The average molecular weight is 365 g/mol. The van der Waals surface area contributed by atoms with Gasteiger partial charge in [-0.05, 0) is 36.8 Å². The minimum atomic E-state index is -0.345. The summed E-state index contributed by atoms with van der Waals surface area (Å²) in [5.74, 6) is 1.55. The number of hydrogen-bond acceptors (Lipinski definition) is 4. The van der Waals surface area contributed by atoms with Crippen molar-refractivity contribution in [1.82, 2.24) is 5.32 Å². The van der Waals surface area contributed by atoms with E-state index >= 15 is 0 Å². The third-order valence-electron chi connectivity index (χ3n) is 3.67. The summed E-state index contributed by atoms with van der Waals surface area (Å²) in [7, 11) is 4.62. The van der Waals surface area contributed by atoms with Gasteiger partial charge in [0.15, 0.2) is 11.5 Å². The summed E-state index contributed by atoms with van der Waals surface area (Å²) in [6, 6.07) is 8.54. The quantitative estimate of drug-likeness (QED) is 0.813. The number of halogens is 1. The fourth-order valence-corrected chi connectivity index (χ4v) is 2.55. The third-order valence-corrected chi connectivity index (χ3v) is 3.91. The number of carbonyl (C=O) groups is 1. The van der Waals surface area contributed by atoms with Gasteiger partial charge in [0.05, 0.1) is 21.3 Å². The van der Waals surface area contributed by atoms with Crippen LogP contribution in [0.25, 0.3) is 0 Å². The molecule has 2 aromatic rings. The van der Waals surface area contributed by atoms with Crippen molar-refractivity contribution in [2.24, 2.45) is 0 Å². The normalized spacial score (nSPS) is 10.1. The monoisotopic (exact) mass is 364 g/mol. The number of methoxy groups -OCH3 is 3. The van der Waals surface area contributed by atoms with E-state index in [-0.39, 0.29) is 12.6 Å². The molecule has 0 radical (unpaired) electrons. The van der Waals surface area contributed by atoms with Crippen molar-refractivity contribution in [3.63, 3.8) is 0 Å². The summed E-state index contributed by atoms with van der Waals surface area (Å²) in [5.41, 5.74) is 2.34. The van der Waals surface area contributed by atoms with Crippen LogP contribution in [0.3, 0.4) is 0 Å². The molecule has 0 spiro atoms. The molecule has 0 saturated carbocycles. The Morgan fingerprint density at radius 3 is 2.40 bits per heavy atom. The first-order valence-electron chi connectivity index (χ1n) is 7.59. The van der Waals surface area contributed by atoms with Gasteiger partial charge in [-0.25, -0.2) is 4.79 Å². The van der Waals surface area contributed by atoms with Crippen molar-refractivity contribution < 1.29 is 19.0 Å². The molecule has 2 rings (SSSR count). The van der Waals surface area contributed by atoms with Crippen LogP contribution in [0.2, 0.25) is 5.02 Å². The number of urea groups is 1. The molecule has 0 aliphatic rings. The molecule has 134 valence electrons. The summed E-state index contributed by atoms with van der Waals surface area (Å²) in [6.45, 7) is 2.15. The maximum atomic E-state index is 12.2. The van der Waals surface area contributed by atoms with Crippen LogP contribution in [0.15, 0.2) is 30.3 Å². The number of hydrogen-bond donors (Lipinski definition) is 2. The standard InChI is InChI=1S/C18H21ClN2O4/c1-11-5-7-13(19)9-14(11)21-18(22)20-10-12-6-8-15(23-2)17(25-4)16(12)24-3/h5-9H,10H2,1-4H3,(H2,20,21,22). The van der Waals surface area contributed by atoms with Gasteiger partial charge < -0.3 is 24.8 Å².